The molecule has 10 heavy (non-hydrogen) atoms. The Hall–Kier alpha value is -0.0900. The Labute approximate surface area is 74.7 Å². The van der Waals surface area contributed by atoms with Crippen LogP contribution in [0.1, 0.15) is 0 Å². The molecule has 0 bridgehead atoms. The van der Waals surface area contributed by atoms with E-state index in [2.05, 4.69) is 31.9 Å². The zero-order valence-electron chi connectivity index (χ0n) is 4.87. The molecule has 1 aromatic carbocycles. The highest BCUT2D eigenvalue weighted by atomic mass is 79.9. The summed E-state index contributed by atoms with van der Waals surface area (Å²) in [5, 5.41) is 0. The SMILES string of the molecule is Nc1cc(Br)c(F)cc1Br. The molecule has 1 rings (SSSR count). The van der Waals surface area contributed by atoms with Gasteiger partial charge < -0.3 is 5.73 Å². The first-order valence-electron chi connectivity index (χ1n) is 2.51. The van der Waals surface area contributed by atoms with Crippen LogP contribution in [-0.4, -0.2) is 0 Å². The lowest BCUT2D eigenvalue weighted by Gasteiger charge is -1.98. The molecule has 4 heteroatoms. The van der Waals surface area contributed by atoms with Crippen LogP contribution in [0, 0.1) is 5.82 Å². The van der Waals surface area contributed by atoms with Crippen LogP contribution in [0.25, 0.3) is 0 Å². The molecule has 0 aliphatic heterocycles. The Morgan fingerprint density at radius 2 is 1.80 bits per heavy atom. The highest BCUT2D eigenvalue weighted by molar-refractivity contribution is 9.11. The number of nitrogen functional groups attached to an aromatic ring is 1. The van der Waals surface area contributed by atoms with Gasteiger partial charge in [-0.1, -0.05) is 0 Å². The Morgan fingerprint density at radius 3 is 2.30 bits per heavy atom. The van der Waals surface area contributed by atoms with Crippen LogP contribution in [0.15, 0.2) is 21.1 Å². The van der Waals surface area contributed by atoms with Crippen LogP contribution in [-0.2, 0) is 0 Å². The first-order valence-corrected chi connectivity index (χ1v) is 4.10. The normalized spacial score (nSPS) is 9.90. The minimum atomic E-state index is -0.318. The summed E-state index contributed by atoms with van der Waals surface area (Å²) in [6, 6.07) is 2.83. The fourth-order valence-corrected chi connectivity index (χ4v) is 1.21. The molecule has 54 valence electrons. The lowest BCUT2D eigenvalue weighted by Crippen LogP contribution is -1.88. The van der Waals surface area contributed by atoms with Crippen LogP contribution >= 0.6 is 31.9 Å². The first-order chi connectivity index (χ1) is 4.61. The second-order valence-corrected chi connectivity index (χ2v) is 3.50. The quantitative estimate of drug-likeness (QED) is 0.568. The minimum absolute atomic E-state index is 0.318. The van der Waals surface area contributed by atoms with Crippen LogP contribution in [0.2, 0.25) is 0 Å². The molecule has 0 unspecified atom stereocenters. The van der Waals surface area contributed by atoms with Crippen molar-refractivity contribution in [2.75, 3.05) is 5.73 Å². The number of benzene rings is 1. The molecular formula is C6H4Br2FN. The summed E-state index contributed by atoms with van der Waals surface area (Å²) in [6.45, 7) is 0. The standard InChI is InChI=1S/C6H4Br2FN/c7-3-2-6(10)4(8)1-5(3)9/h1-2H,10H2. The maximum Gasteiger partial charge on any atom is 0.138 e. The van der Waals surface area contributed by atoms with Gasteiger partial charge in [0.15, 0.2) is 0 Å². The van der Waals surface area contributed by atoms with Crippen LogP contribution in [0.4, 0.5) is 10.1 Å². The van der Waals surface area contributed by atoms with Gasteiger partial charge in [0, 0.05) is 10.2 Å². The Balaban J connectivity index is 3.28. The predicted octanol–water partition coefficient (Wildman–Crippen LogP) is 2.93. The van der Waals surface area contributed by atoms with E-state index in [0.717, 1.165) is 0 Å². The molecule has 0 radical (unpaired) electrons. The highest BCUT2D eigenvalue weighted by Crippen LogP contribution is 2.26. The Kier molecular flexibility index (Phi) is 2.31. The molecule has 0 atom stereocenters. The van der Waals surface area contributed by atoms with Gasteiger partial charge in [-0.15, -0.1) is 0 Å². The summed E-state index contributed by atoms with van der Waals surface area (Å²) in [4.78, 5) is 0. The number of halogens is 3. The summed E-state index contributed by atoms with van der Waals surface area (Å²) in [7, 11) is 0. The van der Waals surface area contributed by atoms with E-state index in [1.807, 2.05) is 0 Å². The largest absolute Gasteiger partial charge is 0.398 e. The highest BCUT2D eigenvalue weighted by Gasteiger charge is 2.01. The van der Waals surface area contributed by atoms with E-state index in [1.54, 1.807) is 0 Å². The average Bonchev–Trinajstić information content (AvgIpc) is 1.84. The van der Waals surface area contributed by atoms with Crippen LogP contribution < -0.4 is 5.73 Å². The number of rotatable bonds is 0. The molecule has 0 amide bonds. The van der Waals surface area contributed by atoms with E-state index >= 15 is 0 Å². The molecule has 2 N–H and O–H groups in total. The lowest BCUT2D eigenvalue weighted by atomic mass is 10.3. The second-order valence-electron chi connectivity index (χ2n) is 1.79. The molecule has 0 saturated carbocycles. The number of hydrogen-bond donors (Lipinski definition) is 1. The summed E-state index contributed by atoms with van der Waals surface area (Å²) < 4.78 is 13.6. The lowest BCUT2D eigenvalue weighted by molar-refractivity contribution is 0.620. The molecular weight excluding hydrogens is 265 g/mol. The van der Waals surface area contributed by atoms with Crippen molar-refractivity contribution in [3.8, 4) is 0 Å². The van der Waals surface area contributed by atoms with E-state index in [9.17, 15) is 4.39 Å². The van der Waals surface area contributed by atoms with Crippen molar-refractivity contribution >= 4 is 37.5 Å². The maximum absolute atomic E-state index is 12.6. The van der Waals surface area contributed by atoms with E-state index in [-0.39, 0.29) is 5.82 Å². The van der Waals surface area contributed by atoms with Gasteiger partial charge in [-0.2, -0.15) is 0 Å². The fraction of sp³-hybridized carbons (Fsp3) is 0. The molecule has 1 nitrogen and oxygen atoms in total. The fourth-order valence-electron chi connectivity index (χ4n) is 0.538. The third kappa shape index (κ3) is 1.49. The van der Waals surface area contributed by atoms with Gasteiger partial charge >= 0.3 is 0 Å². The smallest absolute Gasteiger partial charge is 0.138 e. The van der Waals surface area contributed by atoms with Crippen molar-refractivity contribution in [3.05, 3.63) is 26.9 Å². The predicted molar refractivity (Wildman–Crippen MR) is 46.2 cm³/mol. The summed E-state index contributed by atoms with van der Waals surface area (Å²) >= 11 is 6.10. The number of anilines is 1. The molecule has 0 heterocycles. The second kappa shape index (κ2) is 2.88. The summed E-state index contributed by atoms with van der Waals surface area (Å²) in [5.74, 6) is -0.318. The average molecular weight is 269 g/mol. The summed E-state index contributed by atoms with van der Waals surface area (Å²) in [5.41, 5.74) is 5.97. The third-order valence-corrected chi connectivity index (χ3v) is 2.33. The monoisotopic (exact) mass is 267 g/mol. The topological polar surface area (TPSA) is 26.0 Å². The molecule has 0 aliphatic carbocycles. The zero-order chi connectivity index (χ0) is 7.72. The van der Waals surface area contributed by atoms with Crippen molar-refractivity contribution in [2.45, 2.75) is 0 Å². The van der Waals surface area contributed by atoms with Crippen molar-refractivity contribution in [2.24, 2.45) is 0 Å². The molecule has 1 aromatic rings. The molecule has 0 saturated heterocycles. The van der Waals surface area contributed by atoms with Gasteiger partial charge in [0.2, 0.25) is 0 Å². The van der Waals surface area contributed by atoms with Gasteiger partial charge in [0.05, 0.1) is 4.47 Å². The molecule has 0 spiro atoms. The third-order valence-electron chi connectivity index (χ3n) is 1.04. The molecule has 0 aromatic heterocycles. The van der Waals surface area contributed by atoms with Gasteiger partial charge in [0.1, 0.15) is 5.82 Å². The van der Waals surface area contributed by atoms with Gasteiger partial charge in [-0.25, -0.2) is 4.39 Å². The van der Waals surface area contributed by atoms with Crippen LogP contribution in [0.5, 0.6) is 0 Å². The number of hydrogen-bond acceptors (Lipinski definition) is 1. The van der Waals surface area contributed by atoms with Crippen molar-refractivity contribution in [1.29, 1.82) is 0 Å². The Morgan fingerprint density at radius 1 is 1.20 bits per heavy atom. The number of nitrogens with two attached hydrogens (primary N) is 1. The van der Waals surface area contributed by atoms with Gasteiger partial charge in [0.25, 0.3) is 0 Å². The minimum Gasteiger partial charge on any atom is -0.398 e. The van der Waals surface area contributed by atoms with Crippen LogP contribution in [0.3, 0.4) is 0 Å². The zero-order valence-corrected chi connectivity index (χ0v) is 8.04. The van der Waals surface area contributed by atoms with Crippen molar-refractivity contribution in [1.82, 2.24) is 0 Å². The van der Waals surface area contributed by atoms with Crippen molar-refractivity contribution < 1.29 is 4.39 Å². The van der Waals surface area contributed by atoms with E-state index in [4.69, 9.17) is 5.73 Å². The van der Waals surface area contributed by atoms with E-state index in [0.29, 0.717) is 14.6 Å². The first kappa shape index (κ1) is 8.01. The van der Waals surface area contributed by atoms with E-state index in [1.165, 1.54) is 12.1 Å². The van der Waals surface area contributed by atoms with Crippen molar-refractivity contribution in [3.63, 3.8) is 0 Å². The van der Waals surface area contributed by atoms with E-state index < -0.39 is 0 Å². The molecule has 0 aliphatic rings. The Bertz CT molecular complexity index is 212. The summed E-state index contributed by atoms with van der Waals surface area (Å²) in [6.07, 6.45) is 0. The van der Waals surface area contributed by atoms with Gasteiger partial charge in [-0.3, -0.25) is 0 Å². The molecule has 0 fully saturated rings. The van der Waals surface area contributed by atoms with Gasteiger partial charge in [-0.05, 0) is 44.0 Å². The maximum atomic E-state index is 12.6.